The number of hydrogen-bond donors (Lipinski definition) is 1. The van der Waals surface area contributed by atoms with Crippen molar-refractivity contribution < 1.29 is 38.5 Å². The molecule has 0 spiro atoms. The lowest BCUT2D eigenvalue weighted by Crippen LogP contribution is -2.31. The maximum Gasteiger partial charge on any atom is 0.344 e. The molecular formula is C30H40ClN3O9. The van der Waals surface area contributed by atoms with Crippen LogP contribution in [0.5, 0.6) is 11.5 Å². The number of rotatable bonds is 18. The monoisotopic (exact) mass is 621 g/mol. The number of unbranched alkanes of at least 4 members (excludes halogenated alkanes) is 1. The number of carbonyl (C=O) groups excluding carboxylic acids is 3. The first-order valence-corrected chi connectivity index (χ1v) is 13.9. The summed E-state index contributed by atoms with van der Waals surface area (Å²) in [4.78, 5) is 54.3. The van der Waals surface area contributed by atoms with Crippen LogP contribution in [0.3, 0.4) is 0 Å². The fourth-order valence-electron chi connectivity index (χ4n) is 4.01. The van der Waals surface area contributed by atoms with Crippen molar-refractivity contribution in [2.75, 3.05) is 39.9 Å². The SMILES string of the molecule is CCCCC(OC(=O)CN(CC)CC)c1ccccc1C(=O)Oc1ccc(/C=C/C(=O)NCCO[N+](=O)[O-])cc1OC.Cl. The molecule has 236 valence electrons. The maximum absolute atomic E-state index is 13.4. The minimum absolute atomic E-state index is 0. The van der Waals surface area contributed by atoms with E-state index in [0.29, 0.717) is 17.5 Å². The van der Waals surface area contributed by atoms with Crippen LogP contribution in [0.2, 0.25) is 0 Å². The van der Waals surface area contributed by atoms with E-state index in [2.05, 4.69) is 10.2 Å². The molecule has 0 aliphatic heterocycles. The van der Waals surface area contributed by atoms with Crippen LogP contribution < -0.4 is 14.8 Å². The molecule has 0 saturated carbocycles. The van der Waals surface area contributed by atoms with Crippen LogP contribution >= 0.6 is 12.4 Å². The zero-order chi connectivity index (χ0) is 30.9. The normalized spacial score (nSPS) is 11.4. The minimum Gasteiger partial charge on any atom is -0.493 e. The van der Waals surface area contributed by atoms with E-state index in [1.807, 2.05) is 25.7 Å². The molecule has 0 radical (unpaired) electrons. The third-order valence-electron chi connectivity index (χ3n) is 6.28. The quantitative estimate of drug-likeness (QED) is 0.0615. The zero-order valence-corrected chi connectivity index (χ0v) is 25.7. The van der Waals surface area contributed by atoms with Gasteiger partial charge in [-0.25, -0.2) is 4.79 Å². The molecule has 43 heavy (non-hydrogen) atoms. The molecular weight excluding hydrogens is 582 g/mol. The molecule has 0 bridgehead atoms. The smallest absolute Gasteiger partial charge is 0.344 e. The van der Waals surface area contributed by atoms with Gasteiger partial charge in [0.15, 0.2) is 11.5 Å². The summed E-state index contributed by atoms with van der Waals surface area (Å²) in [7, 11) is 1.42. The molecule has 0 aromatic heterocycles. The van der Waals surface area contributed by atoms with E-state index in [-0.39, 0.29) is 55.1 Å². The summed E-state index contributed by atoms with van der Waals surface area (Å²) in [5.41, 5.74) is 1.43. The number of hydrogen-bond acceptors (Lipinski definition) is 10. The first-order chi connectivity index (χ1) is 20.2. The topological polar surface area (TPSA) is 147 Å². The standard InChI is InChI=1S/C30H39N3O9.ClH/c1-5-8-13-25(41-29(35)21-32(6-2)7-3)23-11-9-10-12-24(23)30(36)42-26-16-14-22(20-27(26)39-4)15-17-28(34)31-18-19-40-33(37)38;/h9-12,14-17,20,25H,5-8,13,18-19,21H2,1-4H3,(H,31,34);1H/b17-15+;. The van der Waals surface area contributed by atoms with Gasteiger partial charge in [0.1, 0.15) is 12.7 Å². The first-order valence-electron chi connectivity index (χ1n) is 13.9. The van der Waals surface area contributed by atoms with Gasteiger partial charge in [0.25, 0.3) is 5.09 Å². The van der Waals surface area contributed by atoms with Crippen LogP contribution in [0.25, 0.3) is 6.08 Å². The second kappa shape index (κ2) is 19.9. The zero-order valence-electron chi connectivity index (χ0n) is 24.9. The fourth-order valence-corrected chi connectivity index (χ4v) is 4.01. The number of halogens is 1. The Hall–Kier alpha value is -4.16. The van der Waals surface area contributed by atoms with Crippen molar-refractivity contribution in [2.45, 2.75) is 46.1 Å². The molecule has 13 heteroatoms. The Balaban J connectivity index is 0.00000924. The van der Waals surface area contributed by atoms with Gasteiger partial charge in [0.05, 0.1) is 19.2 Å². The van der Waals surface area contributed by atoms with Crippen LogP contribution in [0.4, 0.5) is 0 Å². The van der Waals surface area contributed by atoms with Crippen molar-refractivity contribution in [1.82, 2.24) is 10.2 Å². The Bertz CT molecular complexity index is 1240. The third-order valence-corrected chi connectivity index (χ3v) is 6.28. The van der Waals surface area contributed by atoms with E-state index in [0.717, 1.165) is 25.9 Å². The van der Waals surface area contributed by atoms with Crippen molar-refractivity contribution in [3.63, 3.8) is 0 Å². The highest BCUT2D eigenvalue weighted by Gasteiger charge is 2.24. The van der Waals surface area contributed by atoms with Crippen LogP contribution in [-0.2, 0) is 19.2 Å². The Morgan fingerprint density at radius 2 is 1.79 bits per heavy atom. The molecule has 1 unspecified atom stereocenters. The number of benzene rings is 2. The number of nitrogens with one attached hydrogen (secondary N) is 1. The van der Waals surface area contributed by atoms with Gasteiger partial charge in [0.2, 0.25) is 5.91 Å². The lowest BCUT2D eigenvalue weighted by molar-refractivity contribution is -0.757. The number of nitrogens with zero attached hydrogens (tertiary/aromatic N) is 2. The molecule has 1 amide bonds. The number of ether oxygens (including phenoxy) is 3. The number of likely N-dealkylation sites (N-methyl/N-ethyl adjacent to an activating group) is 1. The molecule has 0 aliphatic rings. The molecule has 1 atom stereocenters. The molecule has 0 saturated heterocycles. The molecule has 2 rings (SSSR count). The summed E-state index contributed by atoms with van der Waals surface area (Å²) in [5.74, 6) is -1.03. The first kappa shape index (κ1) is 36.9. The van der Waals surface area contributed by atoms with E-state index in [1.165, 1.54) is 19.3 Å². The summed E-state index contributed by atoms with van der Waals surface area (Å²) >= 11 is 0. The van der Waals surface area contributed by atoms with Crippen molar-refractivity contribution >= 4 is 36.3 Å². The van der Waals surface area contributed by atoms with Gasteiger partial charge in [0, 0.05) is 18.2 Å². The predicted octanol–water partition coefficient (Wildman–Crippen LogP) is 4.79. The summed E-state index contributed by atoms with van der Waals surface area (Å²) < 4.78 is 17.0. The van der Waals surface area contributed by atoms with Gasteiger partial charge in [-0.3, -0.25) is 14.5 Å². The van der Waals surface area contributed by atoms with Crippen LogP contribution in [0.1, 0.15) is 67.6 Å². The average Bonchev–Trinajstić information content (AvgIpc) is 2.99. The second-order valence-corrected chi connectivity index (χ2v) is 9.15. The minimum atomic E-state index is -0.935. The van der Waals surface area contributed by atoms with Crippen molar-refractivity contribution in [3.8, 4) is 11.5 Å². The Kier molecular flexibility index (Phi) is 17.0. The van der Waals surface area contributed by atoms with Gasteiger partial charge in [-0.05, 0) is 55.8 Å². The molecule has 0 aliphatic carbocycles. The third kappa shape index (κ3) is 12.7. The fraction of sp³-hybridized carbons (Fsp3) is 0.433. The van der Waals surface area contributed by atoms with Crippen molar-refractivity contribution in [1.29, 1.82) is 0 Å². The van der Waals surface area contributed by atoms with Gasteiger partial charge >= 0.3 is 11.9 Å². The van der Waals surface area contributed by atoms with E-state index < -0.39 is 23.1 Å². The van der Waals surface area contributed by atoms with Crippen molar-refractivity contribution in [3.05, 3.63) is 75.3 Å². The molecule has 0 fully saturated rings. The summed E-state index contributed by atoms with van der Waals surface area (Å²) in [6.07, 6.45) is 4.42. The Morgan fingerprint density at radius 1 is 1.07 bits per heavy atom. The van der Waals surface area contributed by atoms with Crippen LogP contribution in [0.15, 0.2) is 48.5 Å². The number of esters is 2. The predicted molar refractivity (Wildman–Crippen MR) is 163 cm³/mol. The average molecular weight is 622 g/mol. The maximum atomic E-state index is 13.4. The lowest BCUT2D eigenvalue weighted by Gasteiger charge is -2.23. The van der Waals surface area contributed by atoms with Gasteiger partial charge in [-0.2, -0.15) is 0 Å². The van der Waals surface area contributed by atoms with Gasteiger partial charge in [-0.1, -0.05) is 51.5 Å². The Morgan fingerprint density at radius 3 is 2.44 bits per heavy atom. The highest BCUT2D eigenvalue weighted by atomic mass is 35.5. The second-order valence-electron chi connectivity index (χ2n) is 9.15. The number of methoxy groups -OCH3 is 1. The largest absolute Gasteiger partial charge is 0.493 e. The molecule has 2 aromatic carbocycles. The van der Waals surface area contributed by atoms with Crippen molar-refractivity contribution in [2.24, 2.45) is 0 Å². The van der Waals surface area contributed by atoms with E-state index >= 15 is 0 Å². The summed E-state index contributed by atoms with van der Waals surface area (Å²) in [6, 6.07) is 11.7. The Labute approximate surface area is 257 Å². The lowest BCUT2D eigenvalue weighted by atomic mass is 9.98. The molecule has 0 heterocycles. The highest BCUT2D eigenvalue weighted by Crippen LogP contribution is 2.32. The van der Waals surface area contributed by atoms with Gasteiger partial charge < -0.3 is 24.4 Å². The summed E-state index contributed by atoms with van der Waals surface area (Å²) in [5, 5.41) is 11.7. The van der Waals surface area contributed by atoms with Crippen LogP contribution in [-0.4, -0.2) is 67.7 Å². The van der Waals surface area contributed by atoms with Gasteiger partial charge in [-0.15, -0.1) is 22.5 Å². The van der Waals surface area contributed by atoms with E-state index in [4.69, 9.17) is 14.2 Å². The number of carbonyl (C=O) groups is 3. The molecule has 2 aromatic rings. The molecule has 12 nitrogen and oxygen atoms in total. The van der Waals surface area contributed by atoms with E-state index in [9.17, 15) is 24.5 Å². The van der Waals surface area contributed by atoms with E-state index in [1.54, 1.807) is 42.5 Å². The molecule has 1 N–H and O–H groups in total. The van der Waals surface area contributed by atoms with Crippen LogP contribution in [0, 0.1) is 10.1 Å². The number of amides is 1. The highest BCUT2D eigenvalue weighted by molar-refractivity contribution is 5.93. The summed E-state index contributed by atoms with van der Waals surface area (Å²) in [6.45, 7) is 7.31.